The Morgan fingerprint density at radius 2 is 1.89 bits per heavy atom. The lowest BCUT2D eigenvalue weighted by Crippen LogP contribution is -2.46. The predicted molar refractivity (Wildman–Crippen MR) is 177 cm³/mol. The van der Waals surface area contributed by atoms with Crippen molar-refractivity contribution in [2.45, 2.75) is 39.0 Å². The molecule has 2 N–H and O–H groups in total. The summed E-state index contributed by atoms with van der Waals surface area (Å²) >= 11 is 1.61. The number of aromatic nitrogens is 2. The van der Waals surface area contributed by atoms with Crippen LogP contribution in [-0.4, -0.2) is 53.1 Å². The smallest absolute Gasteiger partial charge is 0.274 e. The SMILES string of the molecule is Cc1c(NC(=O)c2cc3c(s2)CCCC3)cccc1-c1cc(Nc2ccc(N3CCN(CCC#N)CC3)cn2)c(=O)n(C)c1. The molecule has 1 aliphatic heterocycles. The van der Waals surface area contributed by atoms with Gasteiger partial charge in [0.2, 0.25) is 0 Å². The zero-order valence-corrected chi connectivity index (χ0v) is 26.0. The van der Waals surface area contributed by atoms with E-state index < -0.39 is 0 Å². The maximum Gasteiger partial charge on any atom is 0.274 e. The fraction of sp³-hybridized carbons (Fsp3) is 0.353. The quantitative estimate of drug-likeness (QED) is 0.264. The lowest BCUT2D eigenvalue weighted by atomic mass is 9.99. The number of hydrogen-bond donors (Lipinski definition) is 2. The number of pyridine rings is 2. The van der Waals surface area contributed by atoms with E-state index in [1.54, 1.807) is 23.0 Å². The summed E-state index contributed by atoms with van der Waals surface area (Å²) in [6.07, 6.45) is 8.71. The highest BCUT2D eigenvalue weighted by Crippen LogP contribution is 2.33. The van der Waals surface area contributed by atoms with Crippen molar-refractivity contribution in [2.24, 2.45) is 7.05 Å². The van der Waals surface area contributed by atoms with Crippen LogP contribution >= 0.6 is 11.3 Å². The molecule has 1 saturated heterocycles. The van der Waals surface area contributed by atoms with E-state index >= 15 is 0 Å². The van der Waals surface area contributed by atoms with Gasteiger partial charge in [-0.15, -0.1) is 11.3 Å². The van der Waals surface area contributed by atoms with Crippen molar-refractivity contribution in [3.8, 4) is 17.2 Å². The standard InChI is InChI=1S/C34H37N7O2S/c1-23-27(8-5-9-28(23)38-33(42)31-20-24-7-3-4-10-30(24)44-31)25-19-29(34(43)39(2)22-25)37-32-12-11-26(21-36-32)41-17-15-40(16-18-41)14-6-13-35/h5,8-9,11-12,19-22H,3-4,6-7,10,14-18H2,1-2H3,(H,36,37)(H,38,42). The number of nitrogens with zero attached hydrogens (tertiary/aromatic N) is 5. The molecule has 0 atom stereocenters. The first-order valence-electron chi connectivity index (χ1n) is 15.2. The van der Waals surface area contributed by atoms with E-state index in [0.717, 1.165) is 78.5 Å². The minimum absolute atomic E-state index is 0.0807. The molecule has 226 valence electrons. The first-order chi connectivity index (χ1) is 21.4. The third-order valence-electron chi connectivity index (χ3n) is 8.58. The van der Waals surface area contributed by atoms with Gasteiger partial charge in [-0.3, -0.25) is 14.5 Å². The number of nitriles is 1. The lowest BCUT2D eigenvalue weighted by Gasteiger charge is -2.35. The van der Waals surface area contributed by atoms with Crippen molar-refractivity contribution >= 4 is 40.1 Å². The Kier molecular flexibility index (Phi) is 8.77. The summed E-state index contributed by atoms with van der Waals surface area (Å²) in [5.41, 5.74) is 6.11. The highest BCUT2D eigenvalue weighted by Gasteiger charge is 2.20. The number of piperazine rings is 1. The summed E-state index contributed by atoms with van der Waals surface area (Å²) in [5.74, 6) is 0.509. The number of aryl methyl sites for hydroxylation is 3. The molecule has 10 heteroatoms. The molecule has 4 heterocycles. The van der Waals surface area contributed by atoms with Crippen LogP contribution in [0.1, 0.15) is 44.9 Å². The molecule has 4 aromatic rings. The Hall–Kier alpha value is -4.46. The van der Waals surface area contributed by atoms with Crippen LogP contribution < -0.4 is 21.1 Å². The Bertz CT molecular complexity index is 1740. The number of nitrogens with one attached hydrogen (secondary N) is 2. The van der Waals surface area contributed by atoms with Crippen LogP contribution in [-0.2, 0) is 19.9 Å². The topological polar surface area (TPSA) is 106 Å². The molecule has 2 aliphatic rings. The first kappa shape index (κ1) is 29.6. The minimum atomic E-state index is -0.156. The van der Waals surface area contributed by atoms with Crippen molar-refractivity contribution < 1.29 is 4.79 Å². The van der Waals surface area contributed by atoms with Gasteiger partial charge < -0.3 is 20.1 Å². The maximum absolute atomic E-state index is 13.2. The number of rotatable bonds is 8. The van der Waals surface area contributed by atoms with Crippen LogP contribution in [0.4, 0.5) is 22.9 Å². The van der Waals surface area contributed by atoms with Gasteiger partial charge in [-0.2, -0.15) is 5.26 Å². The molecule has 0 unspecified atom stereocenters. The monoisotopic (exact) mass is 607 g/mol. The van der Waals surface area contributed by atoms with Gasteiger partial charge in [0, 0.05) is 68.5 Å². The highest BCUT2D eigenvalue weighted by atomic mass is 32.1. The molecular formula is C34H37N7O2S. The molecule has 1 fully saturated rings. The average molecular weight is 608 g/mol. The van der Waals surface area contributed by atoms with E-state index in [9.17, 15) is 9.59 Å². The molecule has 44 heavy (non-hydrogen) atoms. The number of benzene rings is 1. The van der Waals surface area contributed by atoms with E-state index in [-0.39, 0.29) is 11.5 Å². The van der Waals surface area contributed by atoms with E-state index in [0.29, 0.717) is 17.9 Å². The first-order valence-corrected chi connectivity index (χ1v) is 16.0. The van der Waals surface area contributed by atoms with Crippen molar-refractivity contribution in [1.29, 1.82) is 5.26 Å². The van der Waals surface area contributed by atoms with Crippen molar-refractivity contribution in [1.82, 2.24) is 14.5 Å². The third-order valence-corrected chi connectivity index (χ3v) is 9.82. The lowest BCUT2D eigenvalue weighted by molar-refractivity contribution is 0.103. The number of thiophene rings is 1. The number of amides is 1. The zero-order valence-electron chi connectivity index (χ0n) is 25.2. The van der Waals surface area contributed by atoms with Crippen molar-refractivity contribution in [3.63, 3.8) is 0 Å². The molecular weight excluding hydrogens is 570 g/mol. The summed E-state index contributed by atoms with van der Waals surface area (Å²) in [5, 5.41) is 15.2. The summed E-state index contributed by atoms with van der Waals surface area (Å²) in [4.78, 5) is 37.6. The van der Waals surface area contributed by atoms with Gasteiger partial charge in [-0.25, -0.2) is 4.98 Å². The second kappa shape index (κ2) is 13.0. The van der Waals surface area contributed by atoms with Crippen LogP contribution in [0.25, 0.3) is 11.1 Å². The molecule has 3 aromatic heterocycles. The Labute approximate surface area is 261 Å². The van der Waals surface area contributed by atoms with Gasteiger partial charge in [-0.1, -0.05) is 12.1 Å². The second-order valence-corrected chi connectivity index (χ2v) is 12.7. The van der Waals surface area contributed by atoms with Gasteiger partial charge in [-0.05, 0) is 79.6 Å². The van der Waals surface area contributed by atoms with Crippen molar-refractivity contribution in [2.75, 3.05) is 48.3 Å². The van der Waals surface area contributed by atoms with E-state index in [1.807, 2.05) is 55.7 Å². The van der Waals surface area contributed by atoms with Gasteiger partial charge in [0.15, 0.2) is 0 Å². The normalized spacial score (nSPS) is 15.0. The molecule has 1 amide bonds. The second-order valence-electron chi connectivity index (χ2n) is 11.5. The van der Waals surface area contributed by atoms with Crippen LogP contribution in [0.3, 0.4) is 0 Å². The Balaban J connectivity index is 1.17. The number of carbonyl (C=O) groups excluding carboxylic acids is 1. The van der Waals surface area contributed by atoms with Crippen molar-refractivity contribution in [3.05, 3.63) is 86.1 Å². The maximum atomic E-state index is 13.2. The minimum Gasteiger partial charge on any atom is -0.368 e. The Morgan fingerprint density at radius 1 is 1.07 bits per heavy atom. The van der Waals surface area contributed by atoms with Crippen LogP contribution in [0.15, 0.2) is 59.7 Å². The molecule has 9 nitrogen and oxygen atoms in total. The largest absolute Gasteiger partial charge is 0.368 e. The Morgan fingerprint density at radius 3 is 2.64 bits per heavy atom. The molecule has 0 spiro atoms. The fourth-order valence-corrected chi connectivity index (χ4v) is 7.19. The summed E-state index contributed by atoms with van der Waals surface area (Å²) in [6, 6.07) is 15.9. The van der Waals surface area contributed by atoms with Gasteiger partial charge in [0.1, 0.15) is 11.5 Å². The summed E-state index contributed by atoms with van der Waals surface area (Å²) < 4.78 is 1.57. The predicted octanol–water partition coefficient (Wildman–Crippen LogP) is 5.73. The van der Waals surface area contributed by atoms with Gasteiger partial charge in [0.25, 0.3) is 11.5 Å². The molecule has 0 saturated carbocycles. The number of hydrogen-bond acceptors (Lipinski definition) is 8. The van der Waals surface area contributed by atoms with E-state index in [4.69, 9.17) is 5.26 Å². The van der Waals surface area contributed by atoms with E-state index in [1.165, 1.54) is 23.3 Å². The molecule has 0 radical (unpaired) electrons. The van der Waals surface area contributed by atoms with Gasteiger partial charge in [0.05, 0.1) is 22.8 Å². The summed E-state index contributed by atoms with van der Waals surface area (Å²) in [7, 11) is 1.74. The summed E-state index contributed by atoms with van der Waals surface area (Å²) in [6.45, 7) is 6.42. The van der Waals surface area contributed by atoms with Crippen LogP contribution in [0.5, 0.6) is 0 Å². The van der Waals surface area contributed by atoms with Crippen LogP contribution in [0.2, 0.25) is 0 Å². The molecule has 0 bridgehead atoms. The number of anilines is 4. The van der Waals surface area contributed by atoms with Crippen LogP contribution in [0, 0.1) is 18.3 Å². The number of fused-ring (bicyclic) bond motifs is 1. The molecule has 1 aromatic carbocycles. The zero-order chi connectivity index (χ0) is 30.6. The van der Waals surface area contributed by atoms with Gasteiger partial charge >= 0.3 is 0 Å². The number of carbonyl (C=O) groups is 1. The highest BCUT2D eigenvalue weighted by molar-refractivity contribution is 7.14. The molecule has 6 rings (SSSR count). The molecule has 1 aliphatic carbocycles. The fourth-order valence-electron chi connectivity index (χ4n) is 6.04. The third kappa shape index (κ3) is 6.39. The van der Waals surface area contributed by atoms with E-state index in [2.05, 4.69) is 37.6 Å². The average Bonchev–Trinajstić information content (AvgIpc) is 3.49.